The van der Waals surface area contributed by atoms with Crippen molar-refractivity contribution in [2.45, 2.75) is 25.8 Å². The van der Waals surface area contributed by atoms with E-state index in [-0.39, 0.29) is 12.0 Å². The average Bonchev–Trinajstić information content (AvgIpc) is 2.79. The maximum Gasteiger partial charge on any atom is 0.328 e. The molecule has 2 heterocycles. The van der Waals surface area contributed by atoms with Crippen molar-refractivity contribution in [1.82, 2.24) is 9.97 Å². The molecule has 92 valence electrons. The lowest BCUT2D eigenvalue weighted by atomic mass is 10.2. The van der Waals surface area contributed by atoms with E-state index < -0.39 is 0 Å². The zero-order valence-corrected chi connectivity index (χ0v) is 9.80. The van der Waals surface area contributed by atoms with Crippen LogP contribution in [0.2, 0.25) is 0 Å². The minimum Gasteiger partial charge on any atom is -0.464 e. The lowest BCUT2D eigenvalue weighted by Crippen LogP contribution is -2.37. The number of aromatic nitrogens is 2. The summed E-state index contributed by atoms with van der Waals surface area (Å²) >= 11 is 0. The number of hydrogen-bond acceptors (Lipinski definition) is 6. The molecule has 1 aliphatic heterocycles. The third kappa shape index (κ3) is 2.46. The highest BCUT2D eigenvalue weighted by Gasteiger charge is 2.32. The number of nitrogen functional groups attached to an aromatic ring is 1. The summed E-state index contributed by atoms with van der Waals surface area (Å²) in [6.07, 6.45) is 4.84. The molecule has 1 aromatic rings. The van der Waals surface area contributed by atoms with E-state index in [1.54, 1.807) is 13.1 Å². The van der Waals surface area contributed by atoms with Crippen LogP contribution in [0.5, 0.6) is 0 Å². The maximum absolute atomic E-state index is 11.8. The second-order valence-electron chi connectivity index (χ2n) is 3.90. The largest absolute Gasteiger partial charge is 0.464 e. The van der Waals surface area contributed by atoms with Gasteiger partial charge in [0.05, 0.1) is 19.0 Å². The van der Waals surface area contributed by atoms with Crippen molar-refractivity contribution in [1.29, 1.82) is 0 Å². The monoisotopic (exact) mass is 236 g/mol. The normalized spacial score (nSPS) is 19.4. The van der Waals surface area contributed by atoms with Gasteiger partial charge in [-0.15, -0.1) is 0 Å². The van der Waals surface area contributed by atoms with Crippen LogP contribution in [0.3, 0.4) is 0 Å². The summed E-state index contributed by atoms with van der Waals surface area (Å²) in [5.41, 5.74) is 5.48. The molecule has 0 aliphatic carbocycles. The molecule has 1 saturated heterocycles. The average molecular weight is 236 g/mol. The van der Waals surface area contributed by atoms with Crippen LogP contribution >= 0.6 is 0 Å². The van der Waals surface area contributed by atoms with Crippen molar-refractivity contribution in [3.05, 3.63) is 12.4 Å². The van der Waals surface area contributed by atoms with Crippen molar-refractivity contribution >= 4 is 17.6 Å². The molecule has 1 fully saturated rings. The Bertz CT molecular complexity index is 393. The number of carbonyl (C=O) groups is 1. The van der Waals surface area contributed by atoms with Gasteiger partial charge < -0.3 is 15.4 Å². The summed E-state index contributed by atoms with van der Waals surface area (Å²) < 4.78 is 5.05. The molecular formula is C11H16N4O2. The van der Waals surface area contributed by atoms with Gasteiger partial charge in [0.2, 0.25) is 0 Å². The molecule has 0 amide bonds. The fourth-order valence-electron chi connectivity index (χ4n) is 2.00. The van der Waals surface area contributed by atoms with Crippen molar-refractivity contribution in [2.24, 2.45) is 0 Å². The van der Waals surface area contributed by atoms with E-state index in [9.17, 15) is 4.79 Å². The minimum absolute atomic E-state index is 0.191. The molecule has 1 aromatic heterocycles. The van der Waals surface area contributed by atoms with Gasteiger partial charge in [-0.2, -0.15) is 0 Å². The number of anilines is 2. The van der Waals surface area contributed by atoms with Crippen LogP contribution in [-0.4, -0.2) is 35.1 Å². The molecule has 2 N–H and O–H groups in total. The highest BCUT2D eigenvalue weighted by atomic mass is 16.5. The molecule has 17 heavy (non-hydrogen) atoms. The van der Waals surface area contributed by atoms with Crippen molar-refractivity contribution in [2.75, 3.05) is 23.8 Å². The summed E-state index contributed by atoms with van der Waals surface area (Å²) in [7, 11) is 0. The number of esters is 1. The molecule has 1 atom stereocenters. The third-order valence-electron chi connectivity index (χ3n) is 2.76. The van der Waals surface area contributed by atoms with Gasteiger partial charge in [0.1, 0.15) is 17.7 Å². The fourth-order valence-corrected chi connectivity index (χ4v) is 2.00. The molecule has 0 spiro atoms. The van der Waals surface area contributed by atoms with Crippen molar-refractivity contribution in [3.63, 3.8) is 0 Å². The Labute approximate surface area is 99.8 Å². The maximum atomic E-state index is 11.8. The summed E-state index contributed by atoms with van der Waals surface area (Å²) in [6.45, 7) is 3.00. The Morgan fingerprint density at radius 1 is 1.59 bits per heavy atom. The Hall–Kier alpha value is -1.85. The first-order valence-electron chi connectivity index (χ1n) is 5.73. The predicted molar refractivity (Wildman–Crippen MR) is 63.4 cm³/mol. The molecule has 6 nitrogen and oxygen atoms in total. The van der Waals surface area contributed by atoms with Crippen molar-refractivity contribution < 1.29 is 9.53 Å². The third-order valence-corrected chi connectivity index (χ3v) is 2.76. The number of carbonyl (C=O) groups excluding carboxylic acids is 1. The number of rotatable bonds is 3. The van der Waals surface area contributed by atoms with Gasteiger partial charge in [-0.1, -0.05) is 0 Å². The second kappa shape index (κ2) is 4.99. The first kappa shape index (κ1) is 11.6. The smallest absolute Gasteiger partial charge is 0.328 e. The van der Waals surface area contributed by atoms with Crippen LogP contribution in [0.15, 0.2) is 12.4 Å². The van der Waals surface area contributed by atoms with E-state index in [1.165, 1.54) is 6.20 Å². The number of ether oxygens (including phenoxy) is 1. The van der Waals surface area contributed by atoms with Crippen LogP contribution in [0, 0.1) is 0 Å². The minimum atomic E-state index is -0.243. The first-order valence-corrected chi connectivity index (χ1v) is 5.73. The standard InChI is InChI=1S/C11H16N4O2/c1-2-17-11(16)8-4-3-5-15(8)10-7-13-9(12)6-14-10/h6-8H,2-5H2,1H3,(H2,12,13). The molecule has 0 saturated carbocycles. The molecule has 0 radical (unpaired) electrons. The SMILES string of the molecule is CCOC(=O)C1CCCN1c1cnc(N)cn1. The molecule has 6 heteroatoms. The van der Waals surface area contributed by atoms with Gasteiger partial charge in [-0.3, -0.25) is 0 Å². The topological polar surface area (TPSA) is 81.3 Å². The summed E-state index contributed by atoms with van der Waals surface area (Å²) in [5.74, 6) is 0.860. The molecule has 0 bridgehead atoms. The lowest BCUT2D eigenvalue weighted by Gasteiger charge is -2.23. The molecule has 0 aromatic carbocycles. The molecule has 1 unspecified atom stereocenters. The van der Waals surface area contributed by atoms with Gasteiger partial charge in [-0.25, -0.2) is 14.8 Å². The van der Waals surface area contributed by atoms with Gasteiger partial charge in [0.15, 0.2) is 0 Å². The van der Waals surface area contributed by atoms with Gasteiger partial charge >= 0.3 is 5.97 Å². The highest BCUT2D eigenvalue weighted by Crippen LogP contribution is 2.24. The Balaban J connectivity index is 2.14. The van der Waals surface area contributed by atoms with E-state index in [2.05, 4.69) is 9.97 Å². The molecule has 1 aliphatic rings. The fraction of sp³-hybridized carbons (Fsp3) is 0.545. The quantitative estimate of drug-likeness (QED) is 0.773. The van der Waals surface area contributed by atoms with Gasteiger partial charge in [-0.05, 0) is 19.8 Å². The van der Waals surface area contributed by atoms with Crippen molar-refractivity contribution in [3.8, 4) is 0 Å². The second-order valence-corrected chi connectivity index (χ2v) is 3.90. The van der Waals surface area contributed by atoms with Gasteiger partial charge in [0, 0.05) is 6.54 Å². The van der Waals surface area contributed by atoms with E-state index in [1.807, 2.05) is 4.90 Å². The van der Waals surface area contributed by atoms with E-state index >= 15 is 0 Å². The zero-order chi connectivity index (χ0) is 12.3. The Morgan fingerprint density at radius 3 is 3.06 bits per heavy atom. The van der Waals surface area contributed by atoms with E-state index in [4.69, 9.17) is 10.5 Å². The number of nitrogens with two attached hydrogens (primary N) is 1. The van der Waals surface area contributed by atoms with E-state index in [0.717, 1.165) is 19.4 Å². The summed E-state index contributed by atoms with van der Waals surface area (Å²) in [5, 5.41) is 0. The number of hydrogen-bond donors (Lipinski definition) is 1. The Morgan fingerprint density at radius 2 is 2.41 bits per heavy atom. The van der Waals surface area contributed by atoms with Crippen LogP contribution in [0.4, 0.5) is 11.6 Å². The van der Waals surface area contributed by atoms with Gasteiger partial charge in [0.25, 0.3) is 0 Å². The van der Waals surface area contributed by atoms with E-state index in [0.29, 0.717) is 18.2 Å². The van der Waals surface area contributed by atoms with Crippen LogP contribution in [0.25, 0.3) is 0 Å². The predicted octanol–water partition coefficient (Wildman–Crippen LogP) is 0.591. The lowest BCUT2D eigenvalue weighted by molar-refractivity contribution is -0.144. The zero-order valence-electron chi connectivity index (χ0n) is 9.80. The van der Waals surface area contributed by atoms with Crippen LogP contribution in [-0.2, 0) is 9.53 Å². The van der Waals surface area contributed by atoms with Crippen LogP contribution in [0.1, 0.15) is 19.8 Å². The number of nitrogens with zero attached hydrogens (tertiary/aromatic N) is 3. The molecular weight excluding hydrogens is 220 g/mol. The first-order chi connectivity index (χ1) is 8.22. The summed E-state index contributed by atoms with van der Waals surface area (Å²) in [4.78, 5) is 21.8. The summed E-state index contributed by atoms with van der Waals surface area (Å²) in [6, 6.07) is -0.243. The van der Waals surface area contributed by atoms with Crippen LogP contribution < -0.4 is 10.6 Å². The Kier molecular flexibility index (Phi) is 3.41. The highest BCUT2D eigenvalue weighted by molar-refractivity contribution is 5.80. The molecule has 2 rings (SSSR count).